The maximum absolute atomic E-state index is 12.6. The summed E-state index contributed by atoms with van der Waals surface area (Å²) in [6.07, 6.45) is 3.53. The molecule has 3 atom stereocenters. The third-order valence-electron chi connectivity index (χ3n) is 4.97. The van der Waals surface area contributed by atoms with Crippen LogP contribution in [0.1, 0.15) is 50.4 Å². The van der Waals surface area contributed by atoms with Crippen LogP contribution in [0.25, 0.3) is 0 Å². The fourth-order valence-corrected chi connectivity index (χ4v) is 3.66. The molecule has 1 aromatic carbocycles. The Morgan fingerprint density at radius 3 is 2.77 bits per heavy atom. The first-order valence-electron chi connectivity index (χ1n) is 8.25. The monoisotopic (exact) mass is 303 g/mol. The SMILES string of the molecule is CC(C)C1CC[C@H](C)C[C@H]1NC(=O)c1ccc2c(c1)OCO2. The van der Waals surface area contributed by atoms with Crippen LogP contribution >= 0.6 is 0 Å². The zero-order valence-corrected chi connectivity index (χ0v) is 13.6. The van der Waals surface area contributed by atoms with Crippen molar-refractivity contribution in [3.8, 4) is 11.5 Å². The number of hydrogen-bond acceptors (Lipinski definition) is 3. The number of rotatable bonds is 3. The van der Waals surface area contributed by atoms with Crippen molar-refractivity contribution in [2.75, 3.05) is 6.79 Å². The van der Waals surface area contributed by atoms with Crippen LogP contribution < -0.4 is 14.8 Å². The second-order valence-corrected chi connectivity index (χ2v) is 6.97. The lowest BCUT2D eigenvalue weighted by atomic mass is 9.74. The minimum Gasteiger partial charge on any atom is -0.454 e. The van der Waals surface area contributed by atoms with Crippen molar-refractivity contribution >= 4 is 5.91 Å². The molecule has 0 saturated heterocycles. The normalized spacial score (nSPS) is 27.0. The summed E-state index contributed by atoms with van der Waals surface area (Å²) in [5, 5.41) is 3.25. The Hall–Kier alpha value is -1.71. The number of benzene rings is 1. The molecule has 4 heteroatoms. The summed E-state index contributed by atoms with van der Waals surface area (Å²) >= 11 is 0. The molecule has 0 spiro atoms. The standard InChI is InChI=1S/C18H25NO3/c1-11(2)14-6-4-12(3)8-15(14)19-18(20)13-5-7-16-17(9-13)22-10-21-16/h5,7,9,11-12,14-15H,4,6,8,10H2,1-3H3,(H,19,20)/t12-,14?,15+/m0/s1. The molecule has 120 valence electrons. The average Bonchev–Trinajstić information content (AvgIpc) is 2.94. The molecule has 1 heterocycles. The van der Waals surface area contributed by atoms with Gasteiger partial charge in [-0.15, -0.1) is 0 Å². The second-order valence-electron chi connectivity index (χ2n) is 6.97. The predicted octanol–water partition coefficient (Wildman–Crippen LogP) is 3.61. The molecule has 1 N–H and O–H groups in total. The molecule has 2 aliphatic rings. The van der Waals surface area contributed by atoms with E-state index in [2.05, 4.69) is 26.1 Å². The summed E-state index contributed by atoms with van der Waals surface area (Å²) in [7, 11) is 0. The maximum atomic E-state index is 12.6. The van der Waals surface area contributed by atoms with Gasteiger partial charge in [-0.25, -0.2) is 0 Å². The first-order chi connectivity index (χ1) is 10.5. The van der Waals surface area contributed by atoms with E-state index < -0.39 is 0 Å². The molecular weight excluding hydrogens is 278 g/mol. The van der Waals surface area contributed by atoms with Gasteiger partial charge < -0.3 is 14.8 Å². The molecule has 0 bridgehead atoms. The Labute approximate surface area is 132 Å². The fraction of sp³-hybridized carbons (Fsp3) is 0.611. The summed E-state index contributed by atoms with van der Waals surface area (Å²) in [4.78, 5) is 12.6. The molecule has 1 amide bonds. The number of amides is 1. The van der Waals surface area contributed by atoms with E-state index in [9.17, 15) is 4.79 Å². The van der Waals surface area contributed by atoms with Gasteiger partial charge in [0.15, 0.2) is 11.5 Å². The van der Waals surface area contributed by atoms with Crippen molar-refractivity contribution in [3.63, 3.8) is 0 Å². The first kappa shape index (κ1) is 15.2. The van der Waals surface area contributed by atoms with Gasteiger partial charge >= 0.3 is 0 Å². The molecule has 22 heavy (non-hydrogen) atoms. The van der Waals surface area contributed by atoms with E-state index in [1.165, 1.54) is 12.8 Å². The lowest BCUT2D eigenvalue weighted by Gasteiger charge is -2.37. The van der Waals surface area contributed by atoms with E-state index >= 15 is 0 Å². The van der Waals surface area contributed by atoms with E-state index in [0.29, 0.717) is 34.8 Å². The number of fused-ring (bicyclic) bond motifs is 1. The molecule has 1 fully saturated rings. The Bertz CT molecular complexity index is 555. The summed E-state index contributed by atoms with van der Waals surface area (Å²) in [6, 6.07) is 5.65. The molecule has 1 aliphatic carbocycles. The van der Waals surface area contributed by atoms with Crippen molar-refractivity contribution in [1.82, 2.24) is 5.32 Å². The zero-order chi connectivity index (χ0) is 15.7. The van der Waals surface area contributed by atoms with E-state index in [-0.39, 0.29) is 18.7 Å². The highest BCUT2D eigenvalue weighted by Gasteiger charge is 2.32. The predicted molar refractivity (Wildman–Crippen MR) is 85.2 cm³/mol. The van der Waals surface area contributed by atoms with Crippen LogP contribution in [0.2, 0.25) is 0 Å². The van der Waals surface area contributed by atoms with Crippen molar-refractivity contribution < 1.29 is 14.3 Å². The number of ether oxygens (including phenoxy) is 2. The van der Waals surface area contributed by atoms with Crippen LogP contribution in [0.4, 0.5) is 0 Å². The largest absolute Gasteiger partial charge is 0.454 e. The van der Waals surface area contributed by atoms with Gasteiger partial charge in [-0.05, 0) is 48.8 Å². The van der Waals surface area contributed by atoms with Gasteiger partial charge in [0, 0.05) is 11.6 Å². The number of carbonyl (C=O) groups is 1. The molecule has 1 aliphatic heterocycles. The van der Waals surface area contributed by atoms with Crippen LogP contribution in [0, 0.1) is 17.8 Å². The van der Waals surface area contributed by atoms with Gasteiger partial charge in [-0.3, -0.25) is 4.79 Å². The van der Waals surface area contributed by atoms with Crippen LogP contribution in [0.15, 0.2) is 18.2 Å². The number of hydrogen-bond donors (Lipinski definition) is 1. The minimum absolute atomic E-state index is 0.0111. The van der Waals surface area contributed by atoms with Gasteiger partial charge in [0.25, 0.3) is 5.91 Å². The summed E-state index contributed by atoms with van der Waals surface area (Å²) in [5.41, 5.74) is 0.644. The summed E-state index contributed by atoms with van der Waals surface area (Å²) in [5.74, 6) is 3.19. The van der Waals surface area contributed by atoms with E-state index in [0.717, 1.165) is 6.42 Å². The van der Waals surface area contributed by atoms with Crippen LogP contribution in [-0.4, -0.2) is 18.7 Å². The van der Waals surface area contributed by atoms with E-state index in [1.807, 2.05) is 0 Å². The number of carbonyl (C=O) groups excluding carboxylic acids is 1. The molecule has 1 aromatic rings. The Kier molecular flexibility index (Phi) is 4.27. The summed E-state index contributed by atoms with van der Waals surface area (Å²) < 4.78 is 10.6. The highest BCUT2D eigenvalue weighted by atomic mass is 16.7. The lowest BCUT2D eigenvalue weighted by Crippen LogP contribution is -2.45. The van der Waals surface area contributed by atoms with Gasteiger partial charge in [-0.1, -0.05) is 27.2 Å². The second kappa shape index (κ2) is 6.19. The third-order valence-corrected chi connectivity index (χ3v) is 4.97. The molecule has 0 radical (unpaired) electrons. The van der Waals surface area contributed by atoms with Crippen LogP contribution in [-0.2, 0) is 0 Å². The van der Waals surface area contributed by atoms with Crippen molar-refractivity contribution in [1.29, 1.82) is 0 Å². The van der Waals surface area contributed by atoms with E-state index in [1.54, 1.807) is 18.2 Å². The Balaban J connectivity index is 1.72. The quantitative estimate of drug-likeness (QED) is 0.928. The first-order valence-corrected chi connectivity index (χ1v) is 8.25. The van der Waals surface area contributed by atoms with Gasteiger partial charge in [0.2, 0.25) is 6.79 Å². The molecule has 0 aromatic heterocycles. The summed E-state index contributed by atoms with van der Waals surface area (Å²) in [6.45, 7) is 7.01. The molecule has 1 unspecified atom stereocenters. The van der Waals surface area contributed by atoms with Crippen LogP contribution in [0.3, 0.4) is 0 Å². The molecular formula is C18H25NO3. The number of nitrogens with one attached hydrogen (secondary N) is 1. The fourth-order valence-electron chi connectivity index (χ4n) is 3.66. The lowest BCUT2D eigenvalue weighted by molar-refractivity contribution is 0.0867. The Morgan fingerprint density at radius 1 is 1.23 bits per heavy atom. The van der Waals surface area contributed by atoms with Crippen LogP contribution in [0.5, 0.6) is 11.5 Å². The van der Waals surface area contributed by atoms with Crippen molar-refractivity contribution in [2.45, 2.75) is 46.1 Å². The molecule has 1 saturated carbocycles. The molecule has 3 rings (SSSR count). The van der Waals surface area contributed by atoms with E-state index in [4.69, 9.17) is 9.47 Å². The van der Waals surface area contributed by atoms with Gasteiger partial charge in [0.05, 0.1) is 0 Å². The van der Waals surface area contributed by atoms with Gasteiger partial charge in [-0.2, -0.15) is 0 Å². The maximum Gasteiger partial charge on any atom is 0.251 e. The van der Waals surface area contributed by atoms with Crippen molar-refractivity contribution in [3.05, 3.63) is 23.8 Å². The smallest absolute Gasteiger partial charge is 0.251 e. The van der Waals surface area contributed by atoms with Gasteiger partial charge in [0.1, 0.15) is 0 Å². The average molecular weight is 303 g/mol. The zero-order valence-electron chi connectivity index (χ0n) is 13.6. The highest BCUT2D eigenvalue weighted by Crippen LogP contribution is 2.35. The Morgan fingerprint density at radius 2 is 2.00 bits per heavy atom. The van der Waals surface area contributed by atoms with Crippen molar-refractivity contribution in [2.24, 2.45) is 17.8 Å². The molecule has 4 nitrogen and oxygen atoms in total. The topological polar surface area (TPSA) is 47.6 Å². The third kappa shape index (κ3) is 3.06. The minimum atomic E-state index is -0.0111. The highest BCUT2D eigenvalue weighted by molar-refractivity contribution is 5.95.